The molecule has 0 unspecified atom stereocenters. The minimum atomic E-state index is -0.838. The van der Waals surface area contributed by atoms with Gasteiger partial charge in [0, 0.05) is 5.56 Å². The molecule has 9 nitrogen and oxygen atoms in total. The van der Waals surface area contributed by atoms with Crippen molar-refractivity contribution in [2.45, 2.75) is 19.9 Å². The summed E-state index contributed by atoms with van der Waals surface area (Å²) < 4.78 is 29.9. The third-order valence-electron chi connectivity index (χ3n) is 6.00. The van der Waals surface area contributed by atoms with Gasteiger partial charge in [0.15, 0.2) is 16.3 Å². The number of hydrogen-bond donors (Lipinski definition) is 0. The second-order valence-corrected chi connectivity index (χ2v) is 10.0. The van der Waals surface area contributed by atoms with Gasteiger partial charge in [0.25, 0.3) is 5.56 Å². The lowest BCUT2D eigenvalue weighted by Crippen LogP contribution is -2.40. The van der Waals surface area contributed by atoms with Gasteiger partial charge in [-0.1, -0.05) is 11.3 Å². The Balaban J connectivity index is 2.00. The second kappa shape index (κ2) is 11.4. The van der Waals surface area contributed by atoms with E-state index in [1.165, 1.54) is 23.0 Å². The molecular weight excluding hydrogens is 576 g/mol. The number of allylic oxidation sites excluding steroid dienone is 1. The van der Waals surface area contributed by atoms with Crippen LogP contribution in [0.5, 0.6) is 23.0 Å². The van der Waals surface area contributed by atoms with E-state index in [-0.39, 0.29) is 17.7 Å². The molecule has 1 atom stereocenters. The number of carbonyl (C=O) groups is 1. The Morgan fingerprint density at radius 2 is 1.82 bits per heavy atom. The predicted octanol–water partition coefficient (Wildman–Crippen LogP) is 3.60. The number of aromatic nitrogens is 1. The normalized spacial score (nSPS) is 15.0. The number of nitrogens with zero attached hydrogens (tertiary/aromatic N) is 2. The fourth-order valence-corrected chi connectivity index (χ4v) is 5.98. The van der Waals surface area contributed by atoms with Crippen LogP contribution < -0.4 is 33.8 Å². The van der Waals surface area contributed by atoms with Crippen molar-refractivity contribution in [1.82, 2.24) is 4.57 Å². The number of esters is 1. The van der Waals surface area contributed by atoms with Crippen LogP contribution >= 0.6 is 27.3 Å². The third-order valence-corrected chi connectivity index (χ3v) is 7.57. The third kappa shape index (κ3) is 4.95. The summed E-state index contributed by atoms with van der Waals surface area (Å²) in [7, 11) is 6.18. The van der Waals surface area contributed by atoms with Crippen molar-refractivity contribution in [2.24, 2.45) is 4.99 Å². The highest BCUT2D eigenvalue weighted by Crippen LogP contribution is 2.38. The number of benzene rings is 2. The minimum Gasteiger partial charge on any atom is -0.497 e. The second-order valence-electron chi connectivity index (χ2n) is 8.15. The van der Waals surface area contributed by atoms with Crippen molar-refractivity contribution in [1.29, 1.82) is 0 Å². The Bertz CT molecular complexity index is 1610. The summed E-state index contributed by atoms with van der Waals surface area (Å²) in [6, 6.07) is 8.01. The van der Waals surface area contributed by atoms with Crippen LogP contribution in [0.3, 0.4) is 0 Å². The van der Waals surface area contributed by atoms with E-state index in [2.05, 4.69) is 20.9 Å². The van der Waals surface area contributed by atoms with Crippen LogP contribution in [-0.2, 0) is 9.53 Å². The zero-order chi connectivity index (χ0) is 27.6. The van der Waals surface area contributed by atoms with E-state index in [0.29, 0.717) is 48.1 Å². The number of rotatable bonds is 8. The maximum atomic E-state index is 13.9. The van der Waals surface area contributed by atoms with Crippen LogP contribution in [0.25, 0.3) is 6.08 Å². The number of ether oxygens (including phenoxy) is 5. The summed E-state index contributed by atoms with van der Waals surface area (Å²) in [4.78, 5) is 32.2. The van der Waals surface area contributed by atoms with Crippen LogP contribution in [0.4, 0.5) is 0 Å². The molecule has 0 spiro atoms. The molecule has 2 heterocycles. The van der Waals surface area contributed by atoms with Crippen LogP contribution in [0.1, 0.15) is 31.0 Å². The highest BCUT2D eigenvalue weighted by atomic mass is 79.9. The molecule has 1 aliphatic heterocycles. The minimum absolute atomic E-state index is 0.177. The van der Waals surface area contributed by atoms with Gasteiger partial charge in [-0.3, -0.25) is 9.36 Å². The topological polar surface area (TPSA) is 97.6 Å². The number of methoxy groups -OCH3 is 4. The van der Waals surface area contributed by atoms with Gasteiger partial charge in [0.1, 0.15) is 17.5 Å². The molecule has 0 saturated carbocycles. The monoisotopic (exact) mass is 602 g/mol. The summed E-state index contributed by atoms with van der Waals surface area (Å²) in [5.74, 6) is 1.55. The Morgan fingerprint density at radius 3 is 2.45 bits per heavy atom. The van der Waals surface area contributed by atoms with Gasteiger partial charge < -0.3 is 23.7 Å². The molecule has 0 radical (unpaired) electrons. The molecule has 3 aromatic rings. The van der Waals surface area contributed by atoms with Gasteiger partial charge in [-0.15, -0.1) is 0 Å². The van der Waals surface area contributed by atoms with Gasteiger partial charge in [-0.2, -0.15) is 0 Å². The molecule has 1 aliphatic rings. The first-order valence-corrected chi connectivity index (χ1v) is 13.2. The van der Waals surface area contributed by atoms with Gasteiger partial charge in [0.2, 0.25) is 0 Å². The first-order valence-electron chi connectivity index (χ1n) is 11.6. The van der Waals surface area contributed by atoms with Crippen LogP contribution in [0.2, 0.25) is 0 Å². The van der Waals surface area contributed by atoms with E-state index >= 15 is 0 Å². The number of thiazole rings is 1. The molecule has 4 rings (SSSR count). The molecule has 38 heavy (non-hydrogen) atoms. The van der Waals surface area contributed by atoms with E-state index in [9.17, 15) is 9.59 Å². The number of fused-ring (bicyclic) bond motifs is 1. The largest absolute Gasteiger partial charge is 0.497 e. The molecule has 200 valence electrons. The number of hydrogen-bond acceptors (Lipinski definition) is 9. The molecular formula is C27H27BrN2O7S. The zero-order valence-corrected chi connectivity index (χ0v) is 24.2. The van der Waals surface area contributed by atoms with E-state index in [1.807, 2.05) is 6.07 Å². The SMILES string of the molecule is CCOC(=O)C1=C(C)N=c2sc(=Cc3cc(Br)c(OC)c(OC)c3)c(=O)n2[C@@H]1c1cc(OC)ccc1OC. The fourth-order valence-electron chi connectivity index (χ4n) is 4.31. The number of halogens is 1. The zero-order valence-electron chi connectivity index (χ0n) is 21.8. The van der Waals surface area contributed by atoms with E-state index in [0.717, 1.165) is 5.56 Å². The summed E-state index contributed by atoms with van der Waals surface area (Å²) in [6.45, 7) is 3.63. The highest BCUT2D eigenvalue weighted by Gasteiger charge is 2.35. The molecule has 2 aromatic carbocycles. The van der Waals surface area contributed by atoms with Crippen LogP contribution in [-0.4, -0.2) is 45.6 Å². The van der Waals surface area contributed by atoms with Gasteiger partial charge >= 0.3 is 5.97 Å². The van der Waals surface area contributed by atoms with Crippen LogP contribution in [0, 0.1) is 0 Å². The molecule has 0 saturated heterocycles. The van der Waals surface area contributed by atoms with Gasteiger partial charge in [0.05, 0.1) is 55.3 Å². The average molecular weight is 603 g/mol. The Kier molecular flexibility index (Phi) is 8.27. The summed E-state index contributed by atoms with van der Waals surface area (Å²) in [5, 5.41) is 0. The van der Waals surface area contributed by atoms with Crippen molar-refractivity contribution < 1.29 is 28.5 Å². The predicted molar refractivity (Wildman–Crippen MR) is 147 cm³/mol. The summed E-state index contributed by atoms with van der Waals surface area (Å²) in [6.07, 6.45) is 1.75. The number of carbonyl (C=O) groups excluding carboxylic acids is 1. The van der Waals surface area contributed by atoms with Gasteiger partial charge in [-0.05, 0) is 71.7 Å². The van der Waals surface area contributed by atoms with Crippen molar-refractivity contribution >= 4 is 39.3 Å². The molecule has 0 bridgehead atoms. The van der Waals surface area contributed by atoms with Crippen molar-refractivity contribution in [3.63, 3.8) is 0 Å². The molecule has 0 aliphatic carbocycles. The molecule has 0 fully saturated rings. The summed E-state index contributed by atoms with van der Waals surface area (Å²) >= 11 is 4.72. The highest BCUT2D eigenvalue weighted by molar-refractivity contribution is 9.10. The quantitative estimate of drug-likeness (QED) is 0.363. The standard InChI is InChI=1S/C27H27BrN2O7S/c1-7-37-26(32)22-14(2)29-27-30(23(22)17-13-16(33-3)8-9-19(17)34-4)25(31)21(38-27)12-15-10-18(28)24(36-6)20(11-15)35-5/h8-13,23H,7H2,1-6H3/t23-/m1/s1. The van der Waals surface area contributed by atoms with E-state index < -0.39 is 12.0 Å². The lowest BCUT2D eigenvalue weighted by atomic mass is 9.94. The van der Waals surface area contributed by atoms with E-state index in [4.69, 9.17) is 23.7 Å². The van der Waals surface area contributed by atoms with Crippen molar-refractivity contribution in [3.05, 3.63) is 76.9 Å². The first-order chi connectivity index (χ1) is 18.3. The lowest BCUT2D eigenvalue weighted by Gasteiger charge is -2.26. The van der Waals surface area contributed by atoms with E-state index in [1.54, 1.807) is 65.5 Å². The molecule has 1 aromatic heterocycles. The molecule has 0 amide bonds. The Hall–Kier alpha value is -3.57. The molecule has 0 N–H and O–H groups in total. The Morgan fingerprint density at radius 1 is 1.08 bits per heavy atom. The lowest BCUT2D eigenvalue weighted by molar-refractivity contribution is -0.139. The summed E-state index contributed by atoms with van der Waals surface area (Å²) in [5.41, 5.74) is 1.69. The van der Waals surface area contributed by atoms with Crippen molar-refractivity contribution in [2.75, 3.05) is 35.0 Å². The first kappa shape index (κ1) is 27.5. The fraction of sp³-hybridized carbons (Fsp3) is 0.296. The smallest absolute Gasteiger partial charge is 0.338 e. The maximum Gasteiger partial charge on any atom is 0.338 e. The van der Waals surface area contributed by atoms with Gasteiger partial charge in [-0.25, -0.2) is 9.79 Å². The Labute approximate surface area is 231 Å². The van der Waals surface area contributed by atoms with Crippen LogP contribution in [0.15, 0.2) is 55.9 Å². The maximum absolute atomic E-state index is 13.9. The molecule has 11 heteroatoms. The van der Waals surface area contributed by atoms with Crippen molar-refractivity contribution in [3.8, 4) is 23.0 Å². The average Bonchev–Trinajstić information content (AvgIpc) is 3.21.